The molecule has 0 aliphatic heterocycles. The van der Waals surface area contributed by atoms with Gasteiger partial charge in [0.15, 0.2) is 0 Å². The summed E-state index contributed by atoms with van der Waals surface area (Å²) in [5, 5.41) is 8.88. The van der Waals surface area contributed by atoms with Crippen LogP contribution in [-0.2, 0) is 16.6 Å². The summed E-state index contributed by atoms with van der Waals surface area (Å²) < 4.78 is 51.8. The lowest BCUT2D eigenvalue weighted by atomic mass is 10.3. The lowest BCUT2D eigenvalue weighted by molar-refractivity contribution is 0.285. The third-order valence-electron chi connectivity index (χ3n) is 2.17. The van der Waals surface area contributed by atoms with Crippen molar-refractivity contribution < 1.29 is 22.3 Å². The van der Waals surface area contributed by atoms with Crippen LogP contribution in [0.2, 0.25) is 0 Å². The molecule has 102 valence electrons. The van der Waals surface area contributed by atoms with Crippen molar-refractivity contribution in [1.29, 1.82) is 0 Å². The van der Waals surface area contributed by atoms with Crippen molar-refractivity contribution in [2.45, 2.75) is 10.8 Å². The van der Waals surface area contributed by atoms with Crippen LogP contribution in [0.25, 0.3) is 0 Å². The summed E-state index contributed by atoms with van der Waals surface area (Å²) in [5.41, 5.74) is -0.198. The van der Waals surface area contributed by atoms with Gasteiger partial charge in [-0.15, -0.1) is 11.3 Å². The first-order valence-electron chi connectivity index (χ1n) is 5.09. The Kier molecular flexibility index (Phi) is 3.83. The molecule has 0 atom stereocenters. The molecule has 19 heavy (non-hydrogen) atoms. The fourth-order valence-corrected chi connectivity index (χ4v) is 3.66. The molecule has 2 aromatic rings. The summed E-state index contributed by atoms with van der Waals surface area (Å²) >= 11 is 0.879. The number of aliphatic hydroxyl groups is 1. The number of thiophene rings is 1. The third-order valence-corrected chi connectivity index (χ3v) is 5.12. The van der Waals surface area contributed by atoms with Gasteiger partial charge in [-0.25, -0.2) is 17.2 Å². The minimum Gasteiger partial charge on any atom is -0.391 e. The van der Waals surface area contributed by atoms with E-state index in [4.69, 9.17) is 5.11 Å². The van der Waals surface area contributed by atoms with Crippen LogP contribution in [0, 0.1) is 11.6 Å². The predicted octanol–water partition coefficient (Wildman–Crippen LogP) is 2.32. The van der Waals surface area contributed by atoms with E-state index in [0.717, 1.165) is 23.5 Å². The summed E-state index contributed by atoms with van der Waals surface area (Å²) in [6, 6.07) is 5.18. The highest BCUT2D eigenvalue weighted by Crippen LogP contribution is 2.24. The van der Waals surface area contributed by atoms with E-state index in [-0.39, 0.29) is 16.5 Å². The third kappa shape index (κ3) is 3.28. The van der Waals surface area contributed by atoms with Crippen LogP contribution in [0.3, 0.4) is 0 Å². The molecule has 0 unspecified atom stereocenters. The van der Waals surface area contributed by atoms with Crippen molar-refractivity contribution in [2.75, 3.05) is 4.72 Å². The minimum atomic E-state index is -3.91. The Morgan fingerprint density at radius 3 is 2.32 bits per heavy atom. The average Bonchev–Trinajstić information content (AvgIpc) is 2.75. The highest BCUT2D eigenvalue weighted by atomic mass is 32.2. The number of hydrogen-bond acceptors (Lipinski definition) is 4. The number of anilines is 1. The Balaban J connectivity index is 2.30. The summed E-state index contributed by atoms with van der Waals surface area (Å²) in [7, 11) is -3.91. The zero-order valence-corrected chi connectivity index (χ0v) is 11.1. The lowest BCUT2D eigenvalue weighted by Crippen LogP contribution is -2.11. The fraction of sp³-hybridized carbons (Fsp3) is 0.0909. The first-order chi connectivity index (χ1) is 8.90. The standard InChI is InChI=1S/C11H9F2NO3S2/c12-7-3-8(13)5-9(4-7)14-19(16,17)11-2-1-10(6-15)18-11/h1-5,14-15H,6H2. The Morgan fingerprint density at radius 1 is 1.16 bits per heavy atom. The maximum Gasteiger partial charge on any atom is 0.271 e. The van der Waals surface area contributed by atoms with E-state index in [1.54, 1.807) is 0 Å². The average molecular weight is 305 g/mol. The van der Waals surface area contributed by atoms with Gasteiger partial charge in [-0.05, 0) is 24.3 Å². The van der Waals surface area contributed by atoms with Crippen molar-refractivity contribution in [1.82, 2.24) is 0 Å². The molecule has 0 aliphatic carbocycles. The van der Waals surface area contributed by atoms with Crippen molar-refractivity contribution in [2.24, 2.45) is 0 Å². The Bertz CT molecular complexity index is 677. The summed E-state index contributed by atoms with van der Waals surface area (Å²) in [6.07, 6.45) is 0. The summed E-state index contributed by atoms with van der Waals surface area (Å²) in [6.45, 7) is -0.269. The summed E-state index contributed by atoms with van der Waals surface area (Å²) in [4.78, 5) is 0.478. The fourth-order valence-electron chi connectivity index (χ4n) is 1.41. The van der Waals surface area contributed by atoms with Crippen molar-refractivity contribution >= 4 is 27.0 Å². The van der Waals surface area contributed by atoms with Crippen LogP contribution in [-0.4, -0.2) is 13.5 Å². The molecule has 2 N–H and O–H groups in total. The quantitative estimate of drug-likeness (QED) is 0.911. The zero-order chi connectivity index (χ0) is 14.0. The first kappa shape index (κ1) is 13.9. The molecular weight excluding hydrogens is 296 g/mol. The van der Waals surface area contributed by atoms with Crippen LogP contribution in [0.4, 0.5) is 14.5 Å². The molecule has 1 aromatic heterocycles. The molecule has 1 heterocycles. The monoisotopic (exact) mass is 305 g/mol. The largest absolute Gasteiger partial charge is 0.391 e. The Morgan fingerprint density at radius 2 is 1.79 bits per heavy atom. The maximum atomic E-state index is 13.0. The number of sulfonamides is 1. The number of aliphatic hydroxyl groups excluding tert-OH is 1. The van der Waals surface area contributed by atoms with Crippen LogP contribution >= 0.6 is 11.3 Å². The zero-order valence-electron chi connectivity index (χ0n) is 9.43. The van der Waals surface area contributed by atoms with Gasteiger partial charge in [0.25, 0.3) is 10.0 Å². The Hall–Kier alpha value is -1.51. The highest BCUT2D eigenvalue weighted by molar-refractivity contribution is 7.94. The van der Waals surface area contributed by atoms with Crippen LogP contribution in [0.5, 0.6) is 0 Å². The second-order valence-corrected chi connectivity index (χ2v) is 6.72. The van der Waals surface area contributed by atoms with Gasteiger partial charge in [-0.2, -0.15) is 0 Å². The van der Waals surface area contributed by atoms with Crippen molar-refractivity contribution in [3.63, 3.8) is 0 Å². The second-order valence-electron chi connectivity index (χ2n) is 3.64. The van der Waals surface area contributed by atoms with Gasteiger partial charge in [-0.3, -0.25) is 4.72 Å². The topological polar surface area (TPSA) is 66.4 Å². The van der Waals surface area contributed by atoms with E-state index >= 15 is 0 Å². The minimum absolute atomic E-state index is 0.0405. The maximum absolute atomic E-state index is 13.0. The van der Waals surface area contributed by atoms with E-state index in [1.807, 2.05) is 0 Å². The van der Waals surface area contributed by atoms with Crippen LogP contribution < -0.4 is 4.72 Å². The van der Waals surface area contributed by atoms with Gasteiger partial charge >= 0.3 is 0 Å². The molecular formula is C11H9F2NO3S2. The summed E-state index contributed by atoms with van der Waals surface area (Å²) in [5.74, 6) is -1.75. The van der Waals surface area contributed by atoms with Gasteiger partial charge in [-0.1, -0.05) is 0 Å². The van der Waals surface area contributed by atoms with Gasteiger partial charge < -0.3 is 5.11 Å². The lowest BCUT2D eigenvalue weighted by Gasteiger charge is -2.06. The molecule has 8 heteroatoms. The molecule has 2 rings (SSSR count). The van der Waals surface area contributed by atoms with Gasteiger partial charge in [0.2, 0.25) is 0 Å². The van der Waals surface area contributed by atoms with Gasteiger partial charge in [0.1, 0.15) is 15.8 Å². The van der Waals surface area contributed by atoms with E-state index in [1.165, 1.54) is 12.1 Å². The van der Waals surface area contributed by atoms with Crippen molar-refractivity contribution in [3.8, 4) is 0 Å². The second kappa shape index (κ2) is 5.24. The molecule has 0 aliphatic rings. The van der Waals surface area contributed by atoms with E-state index in [0.29, 0.717) is 10.9 Å². The number of benzene rings is 1. The van der Waals surface area contributed by atoms with Gasteiger partial charge in [0.05, 0.1) is 12.3 Å². The molecule has 0 saturated heterocycles. The molecule has 0 spiro atoms. The van der Waals surface area contributed by atoms with E-state index in [2.05, 4.69) is 4.72 Å². The van der Waals surface area contributed by atoms with Crippen LogP contribution in [0.1, 0.15) is 4.88 Å². The van der Waals surface area contributed by atoms with Gasteiger partial charge in [0, 0.05) is 10.9 Å². The Labute approximate surface area is 112 Å². The smallest absolute Gasteiger partial charge is 0.271 e. The first-order valence-corrected chi connectivity index (χ1v) is 7.39. The SMILES string of the molecule is O=S(=O)(Nc1cc(F)cc(F)c1)c1ccc(CO)s1. The predicted molar refractivity (Wildman–Crippen MR) is 67.4 cm³/mol. The molecule has 0 fully saturated rings. The number of rotatable bonds is 4. The molecule has 0 amide bonds. The molecule has 1 aromatic carbocycles. The highest BCUT2D eigenvalue weighted by Gasteiger charge is 2.17. The van der Waals surface area contributed by atoms with Crippen molar-refractivity contribution in [3.05, 3.63) is 46.8 Å². The molecule has 0 bridgehead atoms. The van der Waals surface area contributed by atoms with E-state index < -0.39 is 21.7 Å². The van der Waals surface area contributed by atoms with E-state index in [9.17, 15) is 17.2 Å². The molecule has 0 saturated carbocycles. The normalized spacial score (nSPS) is 11.5. The molecule has 0 radical (unpaired) electrons. The molecule has 4 nitrogen and oxygen atoms in total. The van der Waals surface area contributed by atoms with Crippen LogP contribution in [0.15, 0.2) is 34.5 Å². The number of hydrogen-bond donors (Lipinski definition) is 2. The number of halogens is 2. The number of nitrogens with one attached hydrogen (secondary N) is 1.